The number of nitrogens with one attached hydrogen (secondary N) is 1. The van der Waals surface area contributed by atoms with Crippen molar-refractivity contribution in [2.45, 2.75) is 120 Å². The molecular formula is C43H59ClN4O13S. The van der Waals surface area contributed by atoms with Gasteiger partial charge in [-0.15, -0.1) is 0 Å². The lowest BCUT2D eigenvalue weighted by molar-refractivity contribution is -0.230. The molecule has 0 saturated carbocycles. The van der Waals surface area contributed by atoms with Crippen LogP contribution in [0.2, 0.25) is 5.02 Å². The zero-order valence-corrected chi connectivity index (χ0v) is 38.1. The molecule has 6 rings (SSSR count). The Bertz CT molecular complexity index is 1960. The number of hydrogen-bond donors (Lipinski definition) is 3. The smallest absolute Gasteiger partial charge is 0.409 e. The number of thioether (sulfide) groups is 1. The van der Waals surface area contributed by atoms with Gasteiger partial charge in [-0.25, -0.2) is 4.79 Å². The summed E-state index contributed by atoms with van der Waals surface area (Å²) in [6.45, 7) is 7.81. The van der Waals surface area contributed by atoms with Gasteiger partial charge in [0.05, 0.1) is 30.9 Å². The molecule has 1 aromatic carbocycles. The zero-order valence-electron chi connectivity index (χ0n) is 36.5. The van der Waals surface area contributed by atoms with Crippen LogP contribution >= 0.6 is 23.4 Å². The quantitative estimate of drug-likeness (QED) is 0.192. The molecule has 1 aromatic rings. The number of likely N-dealkylation sites (tertiary alicyclic amines) is 1. The Morgan fingerprint density at radius 3 is 2.45 bits per heavy atom. The van der Waals surface area contributed by atoms with Crippen LogP contribution in [0.5, 0.6) is 5.75 Å². The number of carboxylic acid groups (broad SMARTS) is 1. The number of benzene rings is 1. The number of ether oxygens (including phenoxy) is 6. The molecule has 4 saturated heterocycles. The number of epoxide rings is 1. The number of carboxylic acids is 1. The number of aliphatic hydroxyl groups is 1. The van der Waals surface area contributed by atoms with Gasteiger partial charge in [0.1, 0.15) is 58.7 Å². The number of aliphatic carboxylic acids is 1. The molecular weight excluding hydrogens is 848 g/mol. The lowest BCUT2D eigenvalue weighted by Crippen LogP contribution is -2.66. The van der Waals surface area contributed by atoms with Gasteiger partial charge in [0, 0.05) is 33.7 Å². The van der Waals surface area contributed by atoms with Crippen molar-refractivity contribution in [2.24, 2.45) is 5.92 Å². The summed E-state index contributed by atoms with van der Waals surface area (Å²) >= 11 is 8.18. The van der Waals surface area contributed by atoms with E-state index in [0.29, 0.717) is 49.5 Å². The monoisotopic (exact) mass is 906 g/mol. The van der Waals surface area contributed by atoms with Crippen LogP contribution < -0.4 is 15.0 Å². The number of esters is 1. The Balaban J connectivity index is 1.35. The van der Waals surface area contributed by atoms with Gasteiger partial charge in [-0.3, -0.25) is 29.4 Å². The van der Waals surface area contributed by atoms with Crippen LogP contribution in [0, 0.1) is 5.92 Å². The number of hydrogen-bond acceptors (Lipinski definition) is 14. The van der Waals surface area contributed by atoms with Crippen molar-refractivity contribution in [1.29, 1.82) is 0 Å². The molecule has 17 nitrogen and oxygen atoms in total. The van der Waals surface area contributed by atoms with Crippen molar-refractivity contribution in [3.8, 4) is 5.75 Å². The van der Waals surface area contributed by atoms with Gasteiger partial charge in [-0.1, -0.05) is 35.4 Å². The topological polar surface area (TPSA) is 206 Å². The third kappa shape index (κ3) is 10.1. The number of likely N-dealkylation sites (N-methyl/N-ethyl adjacent to an activating group) is 1. The van der Waals surface area contributed by atoms with E-state index in [2.05, 4.69) is 5.32 Å². The van der Waals surface area contributed by atoms with Gasteiger partial charge in [0.2, 0.25) is 11.8 Å². The molecule has 6 bridgehead atoms. The number of nitrogens with zero attached hydrogens (tertiary/aromatic N) is 3. The molecule has 62 heavy (non-hydrogen) atoms. The normalized spacial score (nSPS) is 35.1. The number of anilines is 1. The number of allylic oxidation sites excluding steroid dienone is 3. The molecule has 19 heteroatoms. The van der Waals surface area contributed by atoms with E-state index in [9.17, 15) is 34.2 Å². The summed E-state index contributed by atoms with van der Waals surface area (Å²) in [5.74, 6) is -1.58. The second-order valence-electron chi connectivity index (χ2n) is 17.2. The first kappa shape index (κ1) is 47.6. The van der Waals surface area contributed by atoms with Gasteiger partial charge in [0.15, 0.2) is 5.72 Å². The minimum Gasteiger partial charge on any atom is -0.495 e. The first-order chi connectivity index (χ1) is 29.2. The van der Waals surface area contributed by atoms with E-state index in [4.69, 9.17) is 40.0 Å². The number of rotatable bonds is 8. The van der Waals surface area contributed by atoms with Crippen molar-refractivity contribution in [3.05, 3.63) is 46.5 Å². The second kappa shape index (κ2) is 19.1. The largest absolute Gasteiger partial charge is 0.495 e. The summed E-state index contributed by atoms with van der Waals surface area (Å²) in [5, 5.41) is 24.3. The summed E-state index contributed by atoms with van der Waals surface area (Å²) in [5.41, 5.74) is -2.49. The number of carbonyl (C=O) groups excluding carboxylic acids is 4. The maximum absolute atomic E-state index is 14.3. The van der Waals surface area contributed by atoms with E-state index >= 15 is 0 Å². The number of methoxy groups -OCH3 is 2. The van der Waals surface area contributed by atoms with Crippen LogP contribution in [0.3, 0.4) is 0 Å². The standard InChI is InChI=1S/C43H59ClN4O13S/c1-24-10-9-11-31(57-8)43(55)22-30(58-40(54)45-43)36-37-42(4,61-37)32(21-33(49)46(5)28-19-26(18-24)20-29(56-7)35(28)44)59-39(53)25(2)47(6)41(3,60-36)14-17-62-23-34(50)48-15-12-27(13-16-48)38(51)52/h9-11,19-20,25,27,30-32,36-37,55H,12-18,21-23H2,1-8H3,(H,45,54)(H,51,52)/b11-9+,24-10+/t25-,30-,31+,32-,36+,37-,41?,42-,43-/m0/s1. The number of alkyl carbamates (subject to hydrolysis) is 1. The van der Waals surface area contributed by atoms with Crippen LogP contribution in [0.1, 0.15) is 65.4 Å². The van der Waals surface area contributed by atoms with Gasteiger partial charge in [-0.2, -0.15) is 11.8 Å². The van der Waals surface area contributed by atoms with Crippen molar-refractivity contribution in [1.82, 2.24) is 15.1 Å². The van der Waals surface area contributed by atoms with Gasteiger partial charge >= 0.3 is 18.0 Å². The predicted octanol–water partition coefficient (Wildman–Crippen LogP) is 3.91. The summed E-state index contributed by atoms with van der Waals surface area (Å²) in [6, 6.07) is 2.66. The highest BCUT2D eigenvalue weighted by atomic mass is 35.5. The van der Waals surface area contributed by atoms with Gasteiger partial charge in [-0.05, 0) is 83.9 Å². The van der Waals surface area contributed by atoms with Crippen LogP contribution in [0.4, 0.5) is 10.5 Å². The highest BCUT2D eigenvalue weighted by Gasteiger charge is 2.68. The van der Waals surface area contributed by atoms with E-state index in [0.717, 1.165) is 11.1 Å². The lowest BCUT2D eigenvalue weighted by Gasteiger charge is -2.47. The highest BCUT2D eigenvalue weighted by Crippen LogP contribution is 2.50. The Labute approximate surface area is 371 Å². The van der Waals surface area contributed by atoms with Crippen LogP contribution in [0.15, 0.2) is 35.9 Å². The molecule has 0 aromatic heterocycles. The van der Waals surface area contributed by atoms with Crippen molar-refractivity contribution >= 4 is 58.9 Å². The minimum atomic E-state index is -1.98. The zero-order chi connectivity index (χ0) is 45.3. The molecule has 3 N–H and O–H groups in total. The van der Waals surface area contributed by atoms with Crippen molar-refractivity contribution in [2.75, 3.05) is 57.8 Å². The SMILES string of the molecule is COc1cc2cc(c1Cl)N(C)C(=O)C[C@@H]1OC(=O)[C@H](C)N(C)C(C)(CCSCC(=O)N3CCC(C(=O)O)CC3)O[C@H]([C@@H]3C[C@@](O)(NC(=O)O3)[C@H](OC)/C=C/C=C(\C)C2)[C@@H]2O[C@@]12C. The molecule has 5 aliphatic heterocycles. The van der Waals surface area contributed by atoms with Crippen molar-refractivity contribution < 1.29 is 62.6 Å². The molecule has 0 radical (unpaired) electrons. The van der Waals surface area contributed by atoms with Crippen molar-refractivity contribution in [3.63, 3.8) is 0 Å². The average molecular weight is 907 g/mol. The number of carbonyl (C=O) groups is 5. The fraction of sp³-hybridized carbons (Fsp3) is 0.651. The van der Waals surface area contributed by atoms with E-state index in [1.165, 1.54) is 30.9 Å². The summed E-state index contributed by atoms with van der Waals surface area (Å²) < 4.78 is 37.0. The molecule has 3 amide bonds. The third-order valence-corrected chi connectivity index (χ3v) is 14.3. The van der Waals surface area contributed by atoms with E-state index in [1.54, 1.807) is 69.0 Å². The van der Waals surface area contributed by atoms with E-state index in [-0.39, 0.29) is 35.9 Å². The van der Waals surface area contributed by atoms with Crippen LogP contribution in [-0.2, 0) is 49.3 Å². The van der Waals surface area contributed by atoms with Gasteiger partial charge < -0.3 is 48.4 Å². The number of fused-ring (bicyclic) bond motifs is 5. The van der Waals surface area contributed by atoms with Gasteiger partial charge in [0.25, 0.3) is 0 Å². The lowest BCUT2D eigenvalue weighted by atomic mass is 9.87. The Hall–Kier alpha value is -3.91. The van der Waals surface area contributed by atoms with Crippen LogP contribution in [-0.4, -0.2) is 156 Å². The molecule has 342 valence electrons. The Kier molecular flexibility index (Phi) is 14.6. The number of amides is 3. The first-order valence-corrected chi connectivity index (χ1v) is 22.3. The summed E-state index contributed by atoms with van der Waals surface area (Å²) in [7, 11) is 6.18. The maximum atomic E-state index is 14.3. The molecule has 5 heterocycles. The van der Waals surface area contributed by atoms with E-state index in [1.807, 2.05) is 13.0 Å². The fourth-order valence-electron chi connectivity index (χ4n) is 8.70. The second-order valence-corrected chi connectivity index (χ2v) is 18.7. The minimum absolute atomic E-state index is 0.101. The Morgan fingerprint density at radius 2 is 1.79 bits per heavy atom. The predicted molar refractivity (Wildman–Crippen MR) is 229 cm³/mol. The molecule has 9 atom stereocenters. The third-order valence-electron chi connectivity index (χ3n) is 13.0. The molecule has 5 aliphatic rings. The Morgan fingerprint density at radius 1 is 1.08 bits per heavy atom. The number of halogens is 1. The number of piperidine rings is 1. The molecule has 1 unspecified atom stereocenters. The first-order valence-electron chi connectivity index (χ1n) is 20.8. The maximum Gasteiger partial charge on any atom is 0.409 e. The highest BCUT2D eigenvalue weighted by molar-refractivity contribution is 7.99. The summed E-state index contributed by atoms with van der Waals surface area (Å²) in [4.78, 5) is 71.2. The fourth-order valence-corrected chi connectivity index (χ4v) is 10.0. The molecule has 0 aliphatic carbocycles. The van der Waals surface area contributed by atoms with Crippen LogP contribution in [0.25, 0.3) is 0 Å². The van der Waals surface area contributed by atoms with E-state index < -0.39 is 83.5 Å². The summed E-state index contributed by atoms with van der Waals surface area (Å²) in [6.07, 6.45) is -0.0691. The molecule has 4 fully saturated rings. The average Bonchev–Trinajstić information content (AvgIpc) is 3.92. The molecule has 0 spiro atoms.